The molecule has 4 rings (SSSR count). The molecule has 2 heterocycles. The third kappa shape index (κ3) is 4.87. The van der Waals surface area contributed by atoms with E-state index in [2.05, 4.69) is 26.9 Å². The van der Waals surface area contributed by atoms with Crippen LogP contribution in [0.1, 0.15) is 32.0 Å². The van der Waals surface area contributed by atoms with Gasteiger partial charge in [0.15, 0.2) is 5.69 Å². The van der Waals surface area contributed by atoms with Crippen LogP contribution in [0.3, 0.4) is 0 Å². The molecule has 8 heteroatoms. The maximum atomic E-state index is 12.6. The van der Waals surface area contributed by atoms with Crippen molar-refractivity contribution in [2.45, 2.75) is 13.5 Å². The van der Waals surface area contributed by atoms with Crippen molar-refractivity contribution in [3.63, 3.8) is 0 Å². The smallest absolute Gasteiger partial charge is 0.276 e. The van der Waals surface area contributed by atoms with Gasteiger partial charge in [-0.1, -0.05) is 48.0 Å². The Morgan fingerprint density at radius 1 is 0.968 bits per heavy atom. The first kappa shape index (κ1) is 20.1. The van der Waals surface area contributed by atoms with Crippen molar-refractivity contribution in [3.8, 4) is 0 Å². The number of carbonyl (C=O) groups excluding carboxylic acids is 2. The Balaban J connectivity index is 1.41. The number of hydrogen-bond donors (Lipinski definition) is 2. The summed E-state index contributed by atoms with van der Waals surface area (Å²) in [6.07, 6.45) is 3.36. The van der Waals surface area contributed by atoms with Gasteiger partial charge in [0.1, 0.15) is 5.82 Å². The van der Waals surface area contributed by atoms with Gasteiger partial charge in [0.05, 0.1) is 18.4 Å². The number of rotatable bonds is 6. The minimum absolute atomic E-state index is 0.192. The Kier molecular flexibility index (Phi) is 5.61. The second-order valence-corrected chi connectivity index (χ2v) is 7.23. The number of nitrogens with one attached hydrogen (secondary N) is 2. The Hall–Kier alpha value is -4.20. The Labute approximate surface area is 179 Å². The monoisotopic (exact) mass is 414 g/mol. The lowest BCUT2D eigenvalue weighted by Gasteiger charge is -2.04. The van der Waals surface area contributed by atoms with Gasteiger partial charge in [-0.2, -0.15) is 10.2 Å². The fourth-order valence-electron chi connectivity index (χ4n) is 3.18. The van der Waals surface area contributed by atoms with Crippen molar-refractivity contribution in [3.05, 3.63) is 95.4 Å². The van der Waals surface area contributed by atoms with Gasteiger partial charge in [-0.25, -0.2) is 0 Å². The van der Waals surface area contributed by atoms with E-state index >= 15 is 0 Å². The first-order chi connectivity index (χ1) is 15.0. The zero-order valence-corrected chi connectivity index (χ0v) is 17.2. The second kappa shape index (κ2) is 8.66. The van der Waals surface area contributed by atoms with Crippen molar-refractivity contribution >= 4 is 23.3 Å². The average Bonchev–Trinajstić information content (AvgIpc) is 3.35. The molecule has 0 saturated heterocycles. The van der Waals surface area contributed by atoms with Crippen LogP contribution in [0.15, 0.2) is 73.1 Å². The normalized spacial score (nSPS) is 10.6. The molecular formula is C23H22N6O2. The topological polar surface area (TPSA) is 93.8 Å². The molecule has 2 amide bonds. The summed E-state index contributed by atoms with van der Waals surface area (Å²) in [5.41, 5.74) is 3.60. The number of carbonyl (C=O) groups is 2. The van der Waals surface area contributed by atoms with E-state index in [9.17, 15) is 9.59 Å². The largest absolute Gasteiger partial charge is 0.318 e. The predicted octanol–water partition coefficient (Wildman–Crippen LogP) is 3.48. The molecule has 2 aromatic carbocycles. The molecule has 0 radical (unpaired) electrons. The molecule has 31 heavy (non-hydrogen) atoms. The summed E-state index contributed by atoms with van der Waals surface area (Å²) >= 11 is 0. The van der Waals surface area contributed by atoms with Gasteiger partial charge in [0.25, 0.3) is 11.8 Å². The molecule has 0 fully saturated rings. The number of aryl methyl sites for hydroxylation is 2. The van der Waals surface area contributed by atoms with Crippen LogP contribution in [0.25, 0.3) is 0 Å². The van der Waals surface area contributed by atoms with Gasteiger partial charge in [-0.3, -0.25) is 19.0 Å². The third-order valence-electron chi connectivity index (χ3n) is 4.71. The molecule has 0 aliphatic rings. The first-order valence-corrected chi connectivity index (χ1v) is 9.78. The van der Waals surface area contributed by atoms with Crippen molar-refractivity contribution in [2.24, 2.45) is 7.05 Å². The maximum Gasteiger partial charge on any atom is 0.276 e. The van der Waals surface area contributed by atoms with Crippen molar-refractivity contribution < 1.29 is 9.59 Å². The zero-order valence-electron chi connectivity index (χ0n) is 17.2. The van der Waals surface area contributed by atoms with Gasteiger partial charge < -0.3 is 10.6 Å². The fourth-order valence-corrected chi connectivity index (χ4v) is 3.18. The van der Waals surface area contributed by atoms with Gasteiger partial charge in [0.2, 0.25) is 0 Å². The van der Waals surface area contributed by atoms with Crippen molar-refractivity contribution in [2.75, 3.05) is 10.6 Å². The molecule has 0 unspecified atom stereocenters. The standard InChI is InChI=1S/C23H22N6O2/c1-16-7-6-8-17(11-16)14-29-15-19(13-24-29)25-23(31)20-12-21(28(2)27-20)26-22(30)18-9-4-3-5-10-18/h3-13,15H,14H2,1-2H3,(H,25,31)(H,26,30). The van der Waals surface area contributed by atoms with E-state index in [0.29, 0.717) is 23.6 Å². The number of anilines is 2. The Morgan fingerprint density at radius 2 is 1.77 bits per heavy atom. The molecule has 0 aliphatic heterocycles. The third-order valence-corrected chi connectivity index (χ3v) is 4.71. The van der Waals surface area contributed by atoms with Crippen LogP contribution in [-0.4, -0.2) is 31.4 Å². The van der Waals surface area contributed by atoms with E-state index in [4.69, 9.17) is 0 Å². The van der Waals surface area contributed by atoms with Crippen LogP contribution in [0.5, 0.6) is 0 Å². The van der Waals surface area contributed by atoms with E-state index < -0.39 is 0 Å². The summed E-state index contributed by atoms with van der Waals surface area (Å²) in [5.74, 6) is -0.229. The molecule has 0 bridgehead atoms. The van der Waals surface area contributed by atoms with Crippen LogP contribution in [-0.2, 0) is 13.6 Å². The van der Waals surface area contributed by atoms with Gasteiger partial charge in [-0.05, 0) is 24.6 Å². The van der Waals surface area contributed by atoms with Crippen LogP contribution in [0.2, 0.25) is 0 Å². The summed E-state index contributed by atoms with van der Waals surface area (Å²) in [4.78, 5) is 25.0. The highest BCUT2D eigenvalue weighted by atomic mass is 16.2. The van der Waals surface area contributed by atoms with E-state index in [1.807, 2.05) is 31.2 Å². The molecule has 8 nitrogen and oxygen atoms in total. The summed E-state index contributed by atoms with van der Waals surface area (Å²) in [6, 6.07) is 18.6. The lowest BCUT2D eigenvalue weighted by molar-refractivity contribution is 0.101. The number of aromatic nitrogens is 4. The molecule has 0 atom stereocenters. The summed E-state index contributed by atoms with van der Waals surface area (Å²) in [5, 5.41) is 14.1. The molecule has 0 spiro atoms. The van der Waals surface area contributed by atoms with E-state index in [-0.39, 0.29) is 17.5 Å². The molecule has 4 aromatic rings. The van der Waals surface area contributed by atoms with Gasteiger partial charge >= 0.3 is 0 Å². The molecule has 2 N–H and O–H groups in total. The van der Waals surface area contributed by atoms with Crippen LogP contribution < -0.4 is 10.6 Å². The number of nitrogens with zero attached hydrogens (tertiary/aromatic N) is 4. The Bertz CT molecular complexity index is 1230. The molecule has 156 valence electrons. The van der Waals surface area contributed by atoms with Crippen LogP contribution >= 0.6 is 0 Å². The highest BCUT2D eigenvalue weighted by Crippen LogP contribution is 2.14. The summed E-state index contributed by atoms with van der Waals surface area (Å²) < 4.78 is 3.21. The van der Waals surface area contributed by atoms with Crippen molar-refractivity contribution in [1.82, 2.24) is 19.6 Å². The first-order valence-electron chi connectivity index (χ1n) is 9.78. The molecular weight excluding hydrogens is 392 g/mol. The van der Waals surface area contributed by atoms with E-state index in [0.717, 1.165) is 5.56 Å². The number of benzene rings is 2. The van der Waals surface area contributed by atoms with Crippen molar-refractivity contribution in [1.29, 1.82) is 0 Å². The second-order valence-electron chi connectivity index (χ2n) is 7.23. The lowest BCUT2D eigenvalue weighted by atomic mass is 10.1. The summed E-state index contributed by atoms with van der Waals surface area (Å²) in [7, 11) is 1.66. The number of amides is 2. The quantitative estimate of drug-likeness (QED) is 0.505. The highest BCUT2D eigenvalue weighted by Gasteiger charge is 2.16. The van der Waals surface area contributed by atoms with E-state index in [1.54, 1.807) is 48.4 Å². The highest BCUT2D eigenvalue weighted by molar-refractivity contribution is 6.06. The molecule has 0 saturated carbocycles. The van der Waals surface area contributed by atoms with Gasteiger partial charge in [-0.15, -0.1) is 0 Å². The molecule has 2 aromatic heterocycles. The Morgan fingerprint density at radius 3 is 2.55 bits per heavy atom. The summed E-state index contributed by atoms with van der Waals surface area (Å²) in [6.45, 7) is 2.65. The van der Waals surface area contributed by atoms with Crippen LogP contribution in [0.4, 0.5) is 11.5 Å². The fraction of sp³-hybridized carbons (Fsp3) is 0.130. The van der Waals surface area contributed by atoms with Crippen LogP contribution in [0, 0.1) is 6.92 Å². The minimum atomic E-state index is -0.383. The van der Waals surface area contributed by atoms with E-state index in [1.165, 1.54) is 16.3 Å². The SMILES string of the molecule is Cc1cccc(Cn2cc(NC(=O)c3cc(NC(=O)c4ccccc4)n(C)n3)cn2)c1. The molecule has 0 aliphatic carbocycles. The number of hydrogen-bond acceptors (Lipinski definition) is 4. The lowest BCUT2D eigenvalue weighted by Crippen LogP contribution is -2.14. The average molecular weight is 414 g/mol. The van der Waals surface area contributed by atoms with Gasteiger partial charge in [0, 0.05) is 24.9 Å². The zero-order chi connectivity index (χ0) is 21.8. The maximum absolute atomic E-state index is 12.6. The predicted molar refractivity (Wildman–Crippen MR) is 118 cm³/mol. The minimum Gasteiger partial charge on any atom is -0.318 e.